The number of fused-ring (bicyclic) bond motifs is 1. The highest BCUT2D eigenvalue weighted by Gasteiger charge is 2.15. The first kappa shape index (κ1) is 13.9. The van der Waals surface area contributed by atoms with Crippen molar-refractivity contribution < 1.29 is 9.53 Å². The Kier molecular flexibility index (Phi) is 4.28. The fourth-order valence-corrected chi connectivity index (χ4v) is 4.24. The minimum Gasteiger partial charge on any atom is -0.493 e. The smallest absolute Gasteiger partial charge is 0.175 e. The van der Waals surface area contributed by atoms with E-state index in [0.29, 0.717) is 12.4 Å². The SMILES string of the molecule is CSc1nnc(SCC(=O)c2ccc3c(c2)CCO3)s1. The van der Waals surface area contributed by atoms with Crippen LogP contribution in [0.2, 0.25) is 0 Å². The van der Waals surface area contributed by atoms with E-state index in [1.165, 1.54) is 23.1 Å². The molecular formula is C13H12N2O2S3. The second-order valence-corrected chi connectivity index (χ2v) is 7.42. The van der Waals surface area contributed by atoms with Crippen molar-refractivity contribution in [1.82, 2.24) is 10.2 Å². The number of Topliss-reactive ketones (excluding diaryl/α,β-unsaturated/α-hetero) is 1. The molecule has 0 atom stereocenters. The molecule has 0 saturated heterocycles. The minimum atomic E-state index is 0.116. The van der Waals surface area contributed by atoms with Crippen LogP contribution in [0.5, 0.6) is 5.75 Å². The van der Waals surface area contributed by atoms with Crippen LogP contribution >= 0.6 is 34.9 Å². The summed E-state index contributed by atoms with van der Waals surface area (Å²) in [6, 6.07) is 5.66. The van der Waals surface area contributed by atoms with Crippen LogP contribution in [0.25, 0.3) is 0 Å². The lowest BCUT2D eigenvalue weighted by molar-refractivity contribution is 0.102. The Morgan fingerprint density at radius 1 is 1.40 bits per heavy atom. The summed E-state index contributed by atoms with van der Waals surface area (Å²) in [4.78, 5) is 12.2. The van der Waals surface area contributed by atoms with Crippen LogP contribution in [0.4, 0.5) is 0 Å². The van der Waals surface area contributed by atoms with Gasteiger partial charge in [-0.25, -0.2) is 0 Å². The summed E-state index contributed by atoms with van der Waals surface area (Å²) in [5, 5.41) is 8.06. The van der Waals surface area contributed by atoms with Gasteiger partial charge in [0.1, 0.15) is 5.75 Å². The average Bonchev–Trinajstić information content (AvgIpc) is 3.12. The van der Waals surface area contributed by atoms with Crippen molar-refractivity contribution in [2.24, 2.45) is 0 Å². The topological polar surface area (TPSA) is 52.1 Å². The first-order valence-electron chi connectivity index (χ1n) is 6.05. The van der Waals surface area contributed by atoms with E-state index < -0.39 is 0 Å². The summed E-state index contributed by atoms with van der Waals surface area (Å²) < 4.78 is 7.21. The van der Waals surface area contributed by atoms with Crippen LogP contribution in [0.1, 0.15) is 15.9 Å². The summed E-state index contributed by atoms with van der Waals surface area (Å²) in [5.41, 5.74) is 1.87. The maximum Gasteiger partial charge on any atom is 0.175 e. The number of thioether (sulfide) groups is 2. The monoisotopic (exact) mass is 324 g/mol. The van der Waals surface area contributed by atoms with E-state index in [-0.39, 0.29) is 5.78 Å². The molecule has 0 saturated carbocycles. The lowest BCUT2D eigenvalue weighted by Crippen LogP contribution is -2.02. The van der Waals surface area contributed by atoms with Crippen LogP contribution < -0.4 is 4.74 Å². The van der Waals surface area contributed by atoms with Crippen molar-refractivity contribution in [3.05, 3.63) is 29.3 Å². The Hall–Kier alpha value is -1.05. The molecule has 0 spiro atoms. The molecule has 4 nitrogen and oxygen atoms in total. The van der Waals surface area contributed by atoms with Gasteiger partial charge in [-0.1, -0.05) is 34.9 Å². The van der Waals surface area contributed by atoms with Crippen LogP contribution in [-0.4, -0.2) is 34.6 Å². The van der Waals surface area contributed by atoms with E-state index in [9.17, 15) is 4.79 Å². The van der Waals surface area contributed by atoms with Gasteiger partial charge >= 0.3 is 0 Å². The number of rotatable bonds is 5. The highest BCUT2D eigenvalue weighted by Crippen LogP contribution is 2.29. The normalized spacial score (nSPS) is 13.1. The quantitative estimate of drug-likeness (QED) is 0.622. The number of benzene rings is 1. The summed E-state index contributed by atoms with van der Waals surface area (Å²) in [6.07, 6.45) is 2.85. The molecular weight excluding hydrogens is 312 g/mol. The molecule has 1 aromatic heterocycles. The zero-order valence-corrected chi connectivity index (χ0v) is 13.2. The number of hydrogen-bond donors (Lipinski definition) is 0. The van der Waals surface area contributed by atoms with Crippen LogP contribution in [0.15, 0.2) is 26.9 Å². The molecule has 7 heteroatoms. The van der Waals surface area contributed by atoms with Gasteiger partial charge in [0.15, 0.2) is 14.5 Å². The Bertz CT molecular complexity index is 642. The van der Waals surface area contributed by atoms with Crippen molar-refractivity contribution >= 4 is 40.6 Å². The highest BCUT2D eigenvalue weighted by atomic mass is 32.2. The number of nitrogens with zero attached hydrogens (tertiary/aromatic N) is 2. The fourth-order valence-electron chi connectivity index (χ4n) is 1.91. The van der Waals surface area contributed by atoms with Crippen molar-refractivity contribution in [3.63, 3.8) is 0 Å². The van der Waals surface area contributed by atoms with Crippen LogP contribution in [0, 0.1) is 0 Å². The first-order chi connectivity index (χ1) is 9.76. The predicted molar refractivity (Wildman–Crippen MR) is 82.4 cm³/mol. The standard InChI is InChI=1S/C13H12N2O2S3/c1-18-12-14-15-13(20-12)19-7-10(16)8-2-3-11-9(6-8)4-5-17-11/h2-3,6H,4-5,7H2,1H3. The predicted octanol–water partition coefficient (Wildman–Crippen LogP) is 3.17. The number of aromatic nitrogens is 2. The van der Waals surface area contributed by atoms with Gasteiger partial charge < -0.3 is 4.74 Å². The fraction of sp³-hybridized carbons (Fsp3) is 0.308. The molecule has 2 aromatic rings. The molecule has 0 aliphatic carbocycles. The second kappa shape index (κ2) is 6.15. The van der Waals surface area contributed by atoms with Gasteiger partial charge in [0.25, 0.3) is 0 Å². The molecule has 0 unspecified atom stereocenters. The zero-order chi connectivity index (χ0) is 13.9. The summed E-state index contributed by atoms with van der Waals surface area (Å²) in [6.45, 7) is 0.712. The average molecular weight is 324 g/mol. The zero-order valence-electron chi connectivity index (χ0n) is 10.8. The molecule has 0 N–H and O–H groups in total. The van der Waals surface area contributed by atoms with Gasteiger partial charge in [-0.05, 0) is 30.0 Å². The van der Waals surface area contributed by atoms with Crippen molar-refractivity contribution in [2.45, 2.75) is 15.1 Å². The maximum atomic E-state index is 12.2. The van der Waals surface area contributed by atoms with E-state index in [1.807, 2.05) is 24.5 Å². The third-order valence-electron chi connectivity index (χ3n) is 2.90. The molecule has 0 amide bonds. The molecule has 20 heavy (non-hydrogen) atoms. The molecule has 1 aliphatic heterocycles. The molecule has 2 heterocycles. The number of hydrogen-bond acceptors (Lipinski definition) is 7. The third kappa shape index (κ3) is 2.99. The van der Waals surface area contributed by atoms with E-state index in [1.54, 1.807) is 11.8 Å². The van der Waals surface area contributed by atoms with E-state index in [2.05, 4.69) is 10.2 Å². The largest absolute Gasteiger partial charge is 0.493 e. The number of carbonyl (C=O) groups is 1. The minimum absolute atomic E-state index is 0.116. The number of ketones is 1. The molecule has 104 valence electrons. The van der Waals surface area contributed by atoms with Crippen molar-refractivity contribution in [3.8, 4) is 5.75 Å². The van der Waals surface area contributed by atoms with E-state index in [0.717, 1.165) is 32.0 Å². The van der Waals surface area contributed by atoms with Gasteiger partial charge in [0.05, 0.1) is 12.4 Å². The van der Waals surface area contributed by atoms with Gasteiger partial charge in [-0.15, -0.1) is 10.2 Å². The van der Waals surface area contributed by atoms with Gasteiger partial charge in [0.2, 0.25) is 0 Å². The molecule has 0 radical (unpaired) electrons. The lowest BCUT2D eigenvalue weighted by atomic mass is 10.1. The number of carbonyl (C=O) groups excluding carboxylic acids is 1. The molecule has 3 rings (SSSR count). The molecule has 1 aromatic carbocycles. The molecule has 0 fully saturated rings. The molecule has 0 bridgehead atoms. The third-order valence-corrected chi connectivity index (χ3v) is 5.93. The van der Waals surface area contributed by atoms with E-state index in [4.69, 9.17) is 4.74 Å². The van der Waals surface area contributed by atoms with Gasteiger partial charge in [-0.3, -0.25) is 4.79 Å². The lowest BCUT2D eigenvalue weighted by Gasteiger charge is -2.02. The van der Waals surface area contributed by atoms with Crippen LogP contribution in [-0.2, 0) is 6.42 Å². The Morgan fingerprint density at radius 2 is 2.25 bits per heavy atom. The summed E-state index contributed by atoms with van der Waals surface area (Å²) in [5.74, 6) is 1.41. The van der Waals surface area contributed by atoms with Crippen molar-refractivity contribution in [1.29, 1.82) is 0 Å². The number of ether oxygens (including phenoxy) is 1. The molecule has 1 aliphatic rings. The van der Waals surface area contributed by atoms with Crippen molar-refractivity contribution in [2.75, 3.05) is 18.6 Å². The Balaban J connectivity index is 1.64. The Morgan fingerprint density at radius 3 is 3.05 bits per heavy atom. The maximum absolute atomic E-state index is 12.2. The summed E-state index contributed by atoms with van der Waals surface area (Å²) >= 11 is 4.53. The van der Waals surface area contributed by atoms with Gasteiger partial charge in [-0.2, -0.15) is 0 Å². The highest BCUT2D eigenvalue weighted by molar-refractivity contribution is 8.03. The Labute approximate surface area is 129 Å². The van der Waals surface area contributed by atoms with Crippen LogP contribution in [0.3, 0.4) is 0 Å². The van der Waals surface area contributed by atoms with E-state index >= 15 is 0 Å². The van der Waals surface area contributed by atoms with Gasteiger partial charge in [0, 0.05) is 12.0 Å². The first-order valence-corrected chi connectivity index (χ1v) is 9.08. The second-order valence-electron chi connectivity index (χ2n) is 4.17. The summed E-state index contributed by atoms with van der Waals surface area (Å²) in [7, 11) is 0.